The maximum Gasteiger partial charge on any atom is 0.131 e. The minimum absolute atomic E-state index is 0.691. The highest BCUT2D eigenvalue weighted by Crippen LogP contribution is 2.37. The molecule has 3 nitrogen and oxygen atoms in total. The second kappa shape index (κ2) is 8.04. The van der Waals surface area contributed by atoms with Gasteiger partial charge in [-0.1, -0.05) is 60.7 Å². The van der Waals surface area contributed by atoms with Gasteiger partial charge in [-0.05, 0) is 57.9 Å². The van der Waals surface area contributed by atoms with Gasteiger partial charge in [0.1, 0.15) is 17.2 Å². The van der Waals surface area contributed by atoms with Crippen molar-refractivity contribution < 1.29 is 9.47 Å². The molecule has 0 amide bonds. The van der Waals surface area contributed by atoms with Crippen LogP contribution in [-0.4, -0.2) is 7.11 Å². The van der Waals surface area contributed by atoms with Crippen LogP contribution in [0.2, 0.25) is 0 Å². The Balaban J connectivity index is 1.69. The first-order valence-electron chi connectivity index (χ1n) is 10.3. The highest BCUT2D eigenvalue weighted by Gasteiger charge is 2.15. The van der Waals surface area contributed by atoms with Crippen LogP contribution in [-0.2, 0) is 6.42 Å². The van der Waals surface area contributed by atoms with E-state index in [1.54, 1.807) is 7.11 Å². The van der Waals surface area contributed by atoms with E-state index in [-0.39, 0.29) is 0 Å². The van der Waals surface area contributed by atoms with Gasteiger partial charge in [0, 0.05) is 23.2 Å². The lowest BCUT2D eigenvalue weighted by Gasteiger charge is -2.17. The number of hydrogen-bond donors (Lipinski definition) is 1. The molecule has 2 N–H and O–H groups in total. The zero-order valence-electron chi connectivity index (χ0n) is 17.3. The first kappa shape index (κ1) is 19.0. The molecule has 0 bridgehead atoms. The lowest BCUT2D eigenvalue weighted by molar-refractivity contribution is 0.411. The van der Waals surface area contributed by atoms with Gasteiger partial charge in [0.25, 0.3) is 0 Å². The molecule has 3 heteroatoms. The average molecular weight is 405 g/mol. The van der Waals surface area contributed by atoms with E-state index in [9.17, 15) is 0 Å². The zero-order valence-corrected chi connectivity index (χ0v) is 17.3. The van der Waals surface area contributed by atoms with Crippen LogP contribution in [0.25, 0.3) is 21.5 Å². The molecule has 0 saturated heterocycles. The van der Waals surface area contributed by atoms with Gasteiger partial charge in [-0.25, -0.2) is 0 Å². The number of methoxy groups -OCH3 is 1. The van der Waals surface area contributed by atoms with Crippen LogP contribution in [0, 0.1) is 0 Å². The summed E-state index contributed by atoms with van der Waals surface area (Å²) < 4.78 is 12.1. The molecule has 0 heterocycles. The fraction of sp³-hybridized carbons (Fsp3) is 0.0714. The molecule has 0 radical (unpaired) electrons. The molecule has 5 rings (SSSR count). The van der Waals surface area contributed by atoms with E-state index in [1.165, 1.54) is 21.5 Å². The quantitative estimate of drug-likeness (QED) is 0.321. The lowest BCUT2D eigenvalue weighted by Crippen LogP contribution is -1.99. The highest BCUT2D eigenvalue weighted by molar-refractivity contribution is 5.91. The Kier molecular flexibility index (Phi) is 4.93. The van der Waals surface area contributed by atoms with Gasteiger partial charge >= 0.3 is 0 Å². The van der Waals surface area contributed by atoms with Crippen molar-refractivity contribution in [2.75, 3.05) is 12.8 Å². The standard InChI is InChI=1S/C28H23NO2/c1-30-27-16-10-19-6-2-4-8-23(19)25(27)18-26-24-9-5-3-7-20(24)11-17-28(26)31-22-14-12-21(29)13-15-22/h2-17H,18,29H2,1H3. The number of nitrogen functional groups attached to an aromatic ring is 1. The molecule has 0 spiro atoms. The molecule has 31 heavy (non-hydrogen) atoms. The zero-order chi connectivity index (χ0) is 21.2. The van der Waals surface area contributed by atoms with E-state index in [0.717, 1.165) is 28.4 Å². The third kappa shape index (κ3) is 3.66. The Morgan fingerprint density at radius 1 is 0.613 bits per heavy atom. The first-order chi connectivity index (χ1) is 15.2. The van der Waals surface area contributed by atoms with E-state index < -0.39 is 0 Å². The molecular formula is C28H23NO2. The van der Waals surface area contributed by atoms with Crippen molar-refractivity contribution in [1.29, 1.82) is 0 Å². The predicted octanol–water partition coefficient (Wildman–Crippen LogP) is 6.97. The van der Waals surface area contributed by atoms with Crippen LogP contribution in [0.1, 0.15) is 11.1 Å². The van der Waals surface area contributed by atoms with Crippen molar-refractivity contribution >= 4 is 27.2 Å². The summed E-state index contributed by atoms with van der Waals surface area (Å²) in [6.45, 7) is 0. The van der Waals surface area contributed by atoms with E-state index in [1.807, 2.05) is 36.4 Å². The molecular weight excluding hydrogens is 382 g/mol. The van der Waals surface area contributed by atoms with Gasteiger partial charge in [0.05, 0.1) is 7.11 Å². The molecule has 0 aliphatic carbocycles. The topological polar surface area (TPSA) is 44.5 Å². The Labute approximate surface area is 181 Å². The summed E-state index contributed by atoms with van der Waals surface area (Å²) in [6, 6.07) is 32.6. The Morgan fingerprint density at radius 3 is 1.77 bits per heavy atom. The second-order valence-electron chi connectivity index (χ2n) is 7.58. The van der Waals surface area contributed by atoms with Crippen LogP contribution in [0.5, 0.6) is 17.2 Å². The molecule has 0 saturated carbocycles. The minimum Gasteiger partial charge on any atom is -0.496 e. The fourth-order valence-corrected chi connectivity index (χ4v) is 4.12. The van der Waals surface area contributed by atoms with E-state index in [0.29, 0.717) is 12.1 Å². The SMILES string of the molecule is COc1ccc2ccccc2c1Cc1c(Oc2ccc(N)cc2)ccc2ccccc12. The van der Waals surface area contributed by atoms with Crippen LogP contribution in [0.3, 0.4) is 0 Å². The van der Waals surface area contributed by atoms with E-state index in [4.69, 9.17) is 15.2 Å². The van der Waals surface area contributed by atoms with Gasteiger partial charge in [-0.2, -0.15) is 0 Å². The van der Waals surface area contributed by atoms with Gasteiger partial charge in [0.2, 0.25) is 0 Å². The number of benzene rings is 5. The van der Waals surface area contributed by atoms with Crippen molar-refractivity contribution in [3.05, 3.63) is 108 Å². The minimum atomic E-state index is 0.691. The van der Waals surface area contributed by atoms with E-state index >= 15 is 0 Å². The molecule has 5 aromatic rings. The maximum atomic E-state index is 6.33. The number of anilines is 1. The van der Waals surface area contributed by atoms with Gasteiger partial charge < -0.3 is 15.2 Å². The van der Waals surface area contributed by atoms with Crippen molar-refractivity contribution in [2.45, 2.75) is 6.42 Å². The molecule has 0 aliphatic heterocycles. The molecule has 0 aromatic heterocycles. The predicted molar refractivity (Wildman–Crippen MR) is 128 cm³/mol. The first-order valence-corrected chi connectivity index (χ1v) is 10.3. The van der Waals surface area contributed by atoms with Crippen molar-refractivity contribution in [3.8, 4) is 17.2 Å². The Bertz CT molecular complexity index is 1370. The molecule has 152 valence electrons. The number of rotatable bonds is 5. The third-order valence-electron chi connectivity index (χ3n) is 5.68. The van der Waals surface area contributed by atoms with Gasteiger partial charge in [0.15, 0.2) is 0 Å². The normalized spacial score (nSPS) is 11.0. The fourth-order valence-electron chi connectivity index (χ4n) is 4.12. The average Bonchev–Trinajstić information content (AvgIpc) is 2.82. The van der Waals surface area contributed by atoms with E-state index in [2.05, 4.69) is 60.7 Å². The summed E-state index contributed by atoms with van der Waals surface area (Å²) in [5.41, 5.74) is 8.84. The van der Waals surface area contributed by atoms with Crippen LogP contribution >= 0.6 is 0 Å². The number of ether oxygens (including phenoxy) is 2. The largest absolute Gasteiger partial charge is 0.496 e. The highest BCUT2D eigenvalue weighted by atomic mass is 16.5. The van der Waals surface area contributed by atoms with Crippen LogP contribution < -0.4 is 15.2 Å². The summed E-state index contributed by atoms with van der Waals surface area (Å²) >= 11 is 0. The summed E-state index contributed by atoms with van der Waals surface area (Å²) in [6.07, 6.45) is 0.691. The number of nitrogens with two attached hydrogens (primary N) is 1. The smallest absolute Gasteiger partial charge is 0.131 e. The van der Waals surface area contributed by atoms with Crippen LogP contribution in [0.15, 0.2) is 97.1 Å². The lowest BCUT2D eigenvalue weighted by atomic mass is 9.93. The maximum absolute atomic E-state index is 6.33. The number of hydrogen-bond acceptors (Lipinski definition) is 3. The monoisotopic (exact) mass is 405 g/mol. The molecule has 0 unspecified atom stereocenters. The second-order valence-corrected chi connectivity index (χ2v) is 7.58. The molecule has 0 aliphatic rings. The van der Waals surface area contributed by atoms with Crippen molar-refractivity contribution in [1.82, 2.24) is 0 Å². The third-order valence-corrected chi connectivity index (χ3v) is 5.68. The van der Waals surface area contributed by atoms with Gasteiger partial charge in [-0.15, -0.1) is 0 Å². The molecule has 0 atom stereocenters. The molecule has 0 fully saturated rings. The van der Waals surface area contributed by atoms with Crippen molar-refractivity contribution in [3.63, 3.8) is 0 Å². The number of fused-ring (bicyclic) bond motifs is 2. The Morgan fingerprint density at radius 2 is 1.16 bits per heavy atom. The van der Waals surface area contributed by atoms with Crippen molar-refractivity contribution in [2.24, 2.45) is 0 Å². The Hall–Kier alpha value is -3.98. The van der Waals surface area contributed by atoms with Crippen LogP contribution in [0.4, 0.5) is 5.69 Å². The summed E-state index contributed by atoms with van der Waals surface area (Å²) in [5, 5.41) is 4.74. The molecule has 5 aromatic carbocycles. The summed E-state index contributed by atoms with van der Waals surface area (Å²) in [4.78, 5) is 0. The summed E-state index contributed by atoms with van der Waals surface area (Å²) in [5.74, 6) is 2.47. The summed E-state index contributed by atoms with van der Waals surface area (Å²) in [7, 11) is 1.72. The van der Waals surface area contributed by atoms with Gasteiger partial charge in [-0.3, -0.25) is 0 Å².